The third-order valence-electron chi connectivity index (χ3n) is 18.6. The van der Waals surface area contributed by atoms with Crippen LogP contribution in [0.4, 0.5) is 0 Å². The van der Waals surface area contributed by atoms with E-state index in [1.54, 1.807) is 0 Å². The van der Waals surface area contributed by atoms with Crippen molar-refractivity contribution < 1.29 is 80.2 Å². The first-order valence-electron chi connectivity index (χ1n) is 40.5. The Morgan fingerprint density at radius 3 is 0.784 bits per heavy atom. The summed E-state index contributed by atoms with van der Waals surface area (Å²) < 4.78 is 68.6. The lowest BCUT2D eigenvalue weighted by Crippen LogP contribution is -2.30. The van der Waals surface area contributed by atoms with Crippen molar-refractivity contribution in [3.05, 3.63) is 0 Å². The fraction of sp³-hybridized carbons (Fsp3) is 0.949. The number of hydrogen-bond donors (Lipinski definition) is 3. The first-order valence-corrected chi connectivity index (χ1v) is 43.5. The fourth-order valence-corrected chi connectivity index (χ4v) is 13.6. The zero-order chi connectivity index (χ0) is 71.4. The van der Waals surface area contributed by atoms with Crippen molar-refractivity contribution in [1.82, 2.24) is 0 Å². The minimum atomic E-state index is -4.96. The van der Waals surface area contributed by atoms with Gasteiger partial charge in [0.25, 0.3) is 0 Å². The molecule has 17 nitrogen and oxygen atoms in total. The number of aliphatic hydroxyl groups is 1. The molecule has 0 aliphatic carbocycles. The van der Waals surface area contributed by atoms with Gasteiger partial charge in [-0.05, 0) is 37.5 Å². The van der Waals surface area contributed by atoms with E-state index in [-0.39, 0.29) is 25.7 Å². The van der Waals surface area contributed by atoms with Gasteiger partial charge in [0, 0.05) is 25.7 Å². The van der Waals surface area contributed by atoms with Gasteiger partial charge in [-0.15, -0.1) is 0 Å². The van der Waals surface area contributed by atoms with E-state index >= 15 is 0 Å². The minimum Gasteiger partial charge on any atom is -0.462 e. The molecule has 0 heterocycles. The van der Waals surface area contributed by atoms with Crippen molar-refractivity contribution in [3.8, 4) is 0 Å². The predicted octanol–water partition coefficient (Wildman–Crippen LogP) is 23.1. The number of carbonyl (C=O) groups is 4. The maximum absolute atomic E-state index is 13.1. The van der Waals surface area contributed by atoms with E-state index in [4.69, 9.17) is 37.0 Å². The Morgan fingerprint density at radius 1 is 0.299 bits per heavy atom. The number of rotatable bonds is 77. The van der Waals surface area contributed by atoms with Gasteiger partial charge < -0.3 is 33.8 Å². The highest BCUT2D eigenvalue weighted by Gasteiger charge is 2.30. The Kier molecular flexibility index (Phi) is 68.4. The van der Waals surface area contributed by atoms with Crippen LogP contribution in [-0.4, -0.2) is 96.7 Å². The van der Waals surface area contributed by atoms with Crippen molar-refractivity contribution in [1.29, 1.82) is 0 Å². The monoisotopic (exact) mass is 1420 g/mol. The third-order valence-corrected chi connectivity index (χ3v) is 20.5. The van der Waals surface area contributed by atoms with Crippen molar-refractivity contribution in [3.63, 3.8) is 0 Å². The molecule has 0 aliphatic heterocycles. The van der Waals surface area contributed by atoms with Crippen LogP contribution in [0, 0.1) is 11.8 Å². The second-order valence-electron chi connectivity index (χ2n) is 28.8. The summed E-state index contributed by atoms with van der Waals surface area (Å²) in [7, 11) is -9.92. The maximum Gasteiger partial charge on any atom is 0.472 e. The molecule has 0 aromatic heterocycles. The number of phosphoric ester groups is 2. The smallest absolute Gasteiger partial charge is 0.462 e. The standard InChI is InChI=1S/C78H152O17P2/c1-7-10-12-14-16-18-20-21-22-26-30-37-43-49-55-61-76(81)89-67-73(94-77(82)62-56-50-44-38-31-27-24-23-25-29-34-40-46-52-58-70(4)5)68-92-96(84,85)90-64-72(79)65-91-97(86,87)93-69-74(66-88-75(80)60-54-48-42-36-28-19-17-15-13-11-8-2)95-78(83)63-57-51-45-39-33-32-35-41-47-53-59-71(6)9-3/h70-74,79H,7-69H2,1-6H3,(H,84,85)(H,86,87)/t71?,72-,73-,74-/m1/s1. The molecule has 0 aromatic carbocycles. The Hall–Kier alpha value is -1.94. The zero-order valence-corrected chi connectivity index (χ0v) is 65.2. The van der Waals surface area contributed by atoms with E-state index in [1.807, 2.05) is 0 Å². The molecular weight excluding hydrogens is 1270 g/mol. The zero-order valence-electron chi connectivity index (χ0n) is 63.4. The van der Waals surface area contributed by atoms with Crippen LogP contribution in [0.3, 0.4) is 0 Å². The number of aliphatic hydroxyl groups excluding tert-OH is 1. The van der Waals surface area contributed by atoms with Crippen LogP contribution in [0.15, 0.2) is 0 Å². The molecule has 97 heavy (non-hydrogen) atoms. The van der Waals surface area contributed by atoms with Crippen LogP contribution < -0.4 is 0 Å². The van der Waals surface area contributed by atoms with Gasteiger partial charge in [0.05, 0.1) is 26.4 Å². The number of esters is 4. The number of carbonyl (C=O) groups excluding carboxylic acids is 4. The largest absolute Gasteiger partial charge is 0.472 e. The normalized spacial score (nSPS) is 14.2. The van der Waals surface area contributed by atoms with Gasteiger partial charge in [-0.1, -0.05) is 356 Å². The third kappa shape index (κ3) is 70.9. The summed E-state index contributed by atoms with van der Waals surface area (Å²) in [5.74, 6) is -0.512. The van der Waals surface area contributed by atoms with Gasteiger partial charge in [-0.25, -0.2) is 9.13 Å². The number of unbranched alkanes of at least 4 members (excludes halogenated alkanes) is 46. The Balaban J connectivity index is 5.26. The van der Waals surface area contributed by atoms with Gasteiger partial charge >= 0.3 is 39.5 Å². The lowest BCUT2D eigenvalue weighted by atomic mass is 9.99. The number of ether oxygens (including phenoxy) is 4. The molecule has 576 valence electrons. The summed E-state index contributed by atoms with van der Waals surface area (Å²) >= 11 is 0. The van der Waals surface area contributed by atoms with Gasteiger partial charge in [0.1, 0.15) is 19.3 Å². The maximum atomic E-state index is 13.1. The molecule has 19 heteroatoms. The summed E-state index contributed by atoms with van der Waals surface area (Å²) in [4.78, 5) is 72.9. The summed E-state index contributed by atoms with van der Waals surface area (Å²) in [5, 5.41) is 10.6. The lowest BCUT2D eigenvalue weighted by Gasteiger charge is -2.21. The molecule has 3 N–H and O–H groups in total. The second kappa shape index (κ2) is 69.8. The average molecular weight is 1420 g/mol. The molecule has 0 bridgehead atoms. The van der Waals surface area contributed by atoms with Gasteiger partial charge in [0.2, 0.25) is 0 Å². The Bertz CT molecular complexity index is 1870. The predicted molar refractivity (Wildman–Crippen MR) is 395 cm³/mol. The van der Waals surface area contributed by atoms with E-state index in [1.165, 1.54) is 225 Å². The molecule has 0 saturated carbocycles. The molecule has 0 saturated heterocycles. The molecule has 0 radical (unpaired) electrons. The molecule has 3 unspecified atom stereocenters. The molecule has 0 spiro atoms. The second-order valence-corrected chi connectivity index (χ2v) is 31.7. The van der Waals surface area contributed by atoms with Gasteiger partial charge in [0.15, 0.2) is 12.2 Å². The summed E-state index contributed by atoms with van der Waals surface area (Å²) in [5.41, 5.74) is 0. The molecular formula is C78H152O17P2. The minimum absolute atomic E-state index is 0.107. The molecule has 0 fully saturated rings. The van der Waals surface area contributed by atoms with E-state index in [2.05, 4.69) is 41.5 Å². The van der Waals surface area contributed by atoms with Crippen LogP contribution in [-0.2, 0) is 65.4 Å². The van der Waals surface area contributed by atoms with Gasteiger partial charge in [-0.2, -0.15) is 0 Å². The molecule has 0 aliphatic rings. The molecule has 0 amide bonds. The summed E-state index contributed by atoms with van der Waals surface area (Å²) in [6, 6.07) is 0. The average Bonchev–Trinajstić information content (AvgIpc) is 1.79. The molecule has 6 atom stereocenters. The highest BCUT2D eigenvalue weighted by Crippen LogP contribution is 2.45. The van der Waals surface area contributed by atoms with Crippen LogP contribution in [0.5, 0.6) is 0 Å². The highest BCUT2D eigenvalue weighted by atomic mass is 31.2. The quantitative estimate of drug-likeness (QED) is 0.0222. The SMILES string of the molecule is CCCCCCCCCCCCCCCCCC(=O)OC[C@H](COP(=O)(O)OC[C@@H](O)COP(=O)(O)OC[C@@H](COC(=O)CCCCCCCCCCCCC)OC(=O)CCCCCCCCCCCCC(C)CC)OC(=O)CCCCCCCCCCCCCCCCC(C)C. The number of hydrogen-bond acceptors (Lipinski definition) is 15. The fourth-order valence-electron chi connectivity index (χ4n) is 12.0. The first-order chi connectivity index (χ1) is 46.9. The van der Waals surface area contributed by atoms with Crippen molar-refractivity contribution in [2.24, 2.45) is 11.8 Å². The summed E-state index contributed by atoms with van der Waals surface area (Å²) in [6.45, 7) is 9.66. The van der Waals surface area contributed by atoms with E-state index in [0.717, 1.165) is 102 Å². The van der Waals surface area contributed by atoms with E-state index in [0.29, 0.717) is 25.7 Å². The topological polar surface area (TPSA) is 237 Å². The van der Waals surface area contributed by atoms with E-state index < -0.39 is 97.5 Å². The Labute approximate surface area is 594 Å². The molecule has 0 aromatic rings. The lowest BCUT2D eigenvalue weighted by molar-refractivity contribution is -0.161. The van der Waals surface area contributed by atoms with Crippen LogP contribution in [0.25, 0.3) is 0 Å². The first kappa shape index (κ1) is 95.1. The van der Waals surface area contributed by atoms with Crippen molar-refractivity contribution >= 4 is 39.5 Å². The van der Waals surface area contributed by atoms with Crippen molar-refractivity contribution in [2.45, 2.75) is 426 Å². The molecule has 0 rings (SSSR count). The van der Waals surface area contributed by atoms with Crippen molar-refractivity contribution in [2.75, 3.05) is 39.6 Å². The van der Waals surface area contributed by atoms with Gasteiger partial charge in [-0.3, -0.25) is 37.3 Å². The van der Waals surface area contributed by atoms with Crippen LogP contribution in [0.1, 0.15) is 408 Å². The Morgan fingerprint density at radius 2 is 0.526 bits per heavy atom. The van der Waals surface area contributed by atoms with Crippen LogP contribution >= 0.6 is 15.6 Å². The van der Waals surface area contributed by atoms with E-state index in [9.17, 15) is 43.2 Å². The highest BCUT2D eigenvalue weighted by molar-refractivity contribution is 7.47. The number of phosphoric acid groups is 2. The van der Waals surface area contributed by atoms with Crippen LogP contribution in [0.2, 0.25) is 0 Å². The summed E-state index contributed by atoms with van der Waals surface area (Å²) in [6.07, 6.45) is 58.0.